The highest BCUT2D eigenvalue weighted by Crippen LogP contribution is 2.21. The number of hydrogen-bond acceptors (Lipinski definition) is 4. The van der Waals surface area contributed by atoms with Crippen LogP contribution in [0.15, 0.2) is 34.7 Å². The van der Waals surface area contributed by atoms with Gasteiger partial charge in [-0.3, -0.25) is 0 Å². The van der Waals surface area contributed by atoms with Crippen molar-refractivity contribution in [2.45, 2.75) is 24.8 Å². The SMILES string of the molecule is Cc1ccc(F)cc1S(=O)(=O)N[C@@H](C)c1nccs1. The first-order valence-electron chi connectivity index (χ1n) is 5.58. The summed E-state index contributed by atoms with van der Waals surface area (Å²) in [7, 11) is -3.76. The highest BCUT2D eigenvalue weighted by atomic mass is 32.2. The summed E-state index contributed by atoms with van der Waals surface area (Å²) in [5.41, 5.74) is 0.500. The van der Waals surface area contributed by atoms with Crippen LogP contribution in [0.2, 0.25) is 0 Å². The number of nitrogens with zero attached hydrogens (tertiary/aromatic N) is 1. The van der Waals surface area contributed by atoms with Gasteiger partial charge in [-0.25, -0.2) is 22.5 Å². The van der Waals surface area contributed by atoms with Gasteiger partial charge in [0.15, 0.2) is 0 Å². The van der Waals surface area contributed by atoms with Gasteiger partial charge in [-0.2, -0.15) is 0 Å². The smallest absolute Gasteiger partial charge is 0.241 e. The second-order valence-electron chi connectivity index (χ2n) is 4.12. The fourth-order valence-electron chi connectivity index (χ4n) is 1.66. The summed E-state index contributed by atoms with van der Waals surface area (Å²) in [4.78, 5) is 4.01. The van der Waals surface area contributed by atoms with E-state index in [1.807, 2.05) is 0 Å². The third-order valence-electron chi connectivity index (χ3n) is 2.59. The van der Waals surface area contributed by atoms with Crippen LogP contribution in [0.5, 0.6) is 0 Å². The lowest BCUT2D eigenvalue weighted by Crippen LogP contribution is -2.27. The fraction of sp³-hybridized carbons (Fsp3) is 0.250. The molecule has 0 spiro atoms. The zero-order valence-electron chi connectivity index (χ0n) is 10.4. The minimum Gasteiger partial charge on any atom is -0.248 e. The maximum Gasteiger partial charge on any atom is 0.241 e. The zero-order valence-corrected chi connectivity index (χ0v) is 12.1. The molecule has 0 aliphatic heterocycles. The third-order valence-corrected chi connectivity index (χ3v) is 5.23. The Labute approximate surface area is 115 Å². The lowest BCUT2D eigenvalue weighted by atomic mass is 10.2. The molecule has 0 bridgehead atoms. The summed E-state index contributed by atoms with van der Waals surface area (Å²) in [5.74, 6) is -0.576. The molecule has 1 aromatic carbocycles. The lowest BCUT2D eigenvalue weighted by Gasteiger charge is -2.13. The summed E-state index contributed by atoms with van der Waals surface area (Å²) >= 11 is 1.36. The van der Waals surface area contributed by atoms with Crippen molar-refractivity contribution in [3.63, 3.8) is 0 Å². The van der Waals surface area contributed by atoms with E-state index in [0.29, 0.717) is 10.6 Å². The van der Waals surface area contributed by atoms with Gasteiger partial charge >= 0.3 is 0 Å². The molecule has 0 amide bonds. The molecule has 0 saturated heterocycles. The number of halogens is 1. The van der Waals surface area contributed by atoms with E-state index in [1.165, 1.54) is 23.5 Å². The Hall–Kier alpha value is -1.31. The van der Waals surface area contributed by atoms with Crippen LogP contribution >= 0.6 is 11.3 Å². The molecule has 2 aromatic rings. The van der Waals surface area contributed by atoms with Gasteiger partial charge in [-0.15, -0.1) is 11.3 Å². The van der Waals surface area contributed by atoms with E-state index in [0.717, 1.165) is 6.07 Å². The number of sulfonamides is 1. The number of benzene rings is 1. The van der Waals surface area contributed by atoms with E-state index in [9.17, 15) is 12.8 Å². The van der Waals surface area contributed by atoms with E-state index < -0.39 is 21.9 Å². The predicted octanol–water partition coefficient (Wildman–Crippen LogP) is 2.63. The van der Waals surface area contributed by atoms with Crippen molar-refractivity contribution < 1.29 is 12.8 Å². The van der Waals surface area contributed by atoms with Crippen LogP contribution in [-0.2, 0) is 10.0 Å². The van der Waals surface area contributed by atoms with Crippen LogP contribution in [0.25, 0.3) is 0 Å². The van der Waals surface area contributed by atoms with Crippen molar-refractivity contribution in [2.75, 3.05) is 0 Å². The van der Waals surface area contributed by atoms with E-state index in [2.05, 4.69) is 9.71 Å². The monoisotopic (exact) mass is 300 g/mol. The molecule has 1 N–H and O–H groups in total. The molecule has 0 fully saturated rings. The molecule has 1 aromatic heterocycles. The minimum atomic E-state index is -3.76. The van der Waals surface area contributed by atoms with Crippen molar-refractivity contribution in [3.8, 4) is 0 Å². The first-order valence-corrected chi connectivity index (χ1v) is 7.94. The third kappa shape index (κ3) is 3.17. The molecule has 0 saturated carbocycles. The summed E-state index contributed by atoms with van der Waals surface area (Å²) in [6.45, 7) is 3.33. The number of thiazole rings is 1. The average molecular weight is 300 g/mol. The van der Waals surface area contributed by atoms with E-state index >= 15 is 0 Å². The quantitative estimate of drug-likeness (QED) is 0.944. The number of hydrogen-bond donors (Lipinski definition) is 1. The molecule has 19 heavy (non-hydrogen) atoms. The van der Waals surface area contributed by atoms with Gasteiger partial charge < -0.3 is 0 Å². The van der Waals surface area contributed by atoms with Crippen LogP contribution in [0.1, 0.15) is 23.5 Å². The summed E-state index contributed by atoms with van der Waals surface area (Å²) < 4.78 is 40.1. The molecule has 1 heterocycles. The van der Waals surface area contributed by atoms with Gasteiger partial charge in [0.25, 0.3) is 0 Å². The Kier molecular flexibility index (Phi) is 3.98. The first kappa shape index (κ1) is 14.1. The van der Waals surface area contributed by atoms with Crippen LogP contribution in [0.3, 0.4) is 0 Å². The Bertz CT molecular complexity index is 669. The van der Waals surface area contributed by atoms with Crippen molar-refractivity contribution in [1.82, 2.24) is 9.71 Å². The van der Waals surface area contributed by atoms with Crippen LogP contribution < -0.4 is 4.72 Å². The Morgan fingerprint density at radius 3 is 2.79 bits per heavy atom. The van der Waals surface area contributed by atoms with Crippen molar-refractivity contribution >= 4 is 21.4 Å². The molecule has 4 nitrogen and oxygen atoms in total. The van der Waals surface area contributed by atoms with Gasteiger partial charge in [0, 0.05) is 11.6 Å². The molecule has 0 aliphatic rings. The highest BCUT2D eigenvalue weighted by molar-refractivity contribution is 7.89. The summed E-state index contributed by atoms with van der Waals surface area (Å²) in [5, 5.41) is 2.44. The van der Waals surface area contributed by atoms with Gasteiger partial charge in [0.1, 0.15) is 10.8 Å². The van der Waals surface area contributed by atoms with Crippen molar-refractivity contribution in [1.29, 1.82) is 0 Å². The van der Waals surface area contributed by atoms with Crippen molar-refractivity contribution in [2.24, 2.45) is 0 Å². The average Bonchev–Trinajstić information content (AvgIpc) is 2.85. The number of aromatic nitrogens is 1. The maximum absolute atomic E-state index is 13.2. The molecular weight excluding hydrogens is 287 g/mol. The zero-order chi connectivity index (χ0) is 14.0. The van der Waals surface area contributed by atoms with E-state index in [4.69, 9.17) is 0 Å². The van der Waals surface area contributed by atoms with Gasteiger partial charge in [-0.05, 0) is 31.5 Å². The van der Waals surface area contributed by atoms with Crippen LogP contribution in [0, 0.1) is 12.7 Å². The molecule has 7 heteroatoms. The summed E-state index contributed by atoms with van der Waals surface area (Å²) in [6.07, 6.45) is 1.61. The number of nitrogens with one attached hydrogen (secondary N) is 1. The molecule has 1 atom stereocenters. The van der Waals surface area contributed by atoms with Gasteiger partial charge in [0.2, 0.25) is 10.0 Å². The largest absolute Gasteiger partial charge is 0.248 e. The van der Waals surface area contributed by atoms with E-state index in [1.54, 1.807) is 25.4 Å². The van der Waals surface area contributed by atoms with Crippen LogP contribution in [0.4, 0.5) is 4.39 Å². The Morgan fingerprint density at radius 1 is 1.42 bits per heavy atom. The number of rotatable bonds is 4. The normalized spacial score (nSPS) is 13.4. The number of aryl methyl sites for hydroxylation is 1. The highest BCUT2D eigenvalue weighted by Gasteiger charge is 2.21. The lowest BCUT2D eigenvalue weighted by molar-refractivity contribution is 0.562. The van der Waals surface area contributed by atoms with Gasteiger partial charge in [0.05, 0.1) is 10.9 Å². The van der Waals surface area contributed by atoms with Crippen molar-refractivity contribution in [3.05, 3.63) is 46.2 Å². The topological polar surface area (TPSA) is 59.1 Å². The Morgan fingerprint density at radius 2 is 2.16 bits per heavy atom. The molecular formula is C12H13FN2O2S2. The molecule has 0 aliphatic carbocycles. The summed E-state index contributed by atoms with van der Waals surface area (Å²) in [6, 6.07) is 3.25. The molecule has 0 radical (unpaired) electrons. The first-order chi connectivity index (χ1) is 8.90. The fourth-order valence-corrected chi connectivity index (χ4v) is 3.84. The maximum atomic E-state index is 13.2. The van der Waals surface area contributed by atoms with Crippen LogP contribution in [-0.4, -0.2) is 13.4 Å². The standard InChI is InChI=1S/C12H13FN2O2S2/c1-8-3-4-10(13)7-11(8)19(16,17)15-9(2)12-14-5-6-18-12/h3-7,9,15H,1-2H3/t9-/m0/s1. The van der Waals surface area contributed by atoms with Gasteiger partial charge in [-0.1, -0.05) is 6.07 Å². The second kappa shape index (κ2) is 5.36. The molecule has 102 valence electrons. The molecule has 2 rings (SSSR count). The molecule has 0 unspecified atom stereocenters. The second-order valence-corrected chi connectivity index (χ2v) is 6.73. The Balaban J connectivity index is 2.30. The van der Waals surface area contributed by atoms with E-state index in [-0.39, 0.29) is 4.90 Å². The predicted molar refractivity (Wildman–Crippen MR) is 72.0 cm³/mol. The minimum absolute atomic E-state index is 0.0455.